The van der Waals surface area contributed by atoms with Crippen LogP contribution >= 0.6 is 0 Å². The van der Waals surface area contributed by atoms with Gasteiger partial charge in [0.05, 0.1) is 7.11 Å². The number of ether oxygens (including phenoxy) is 1. The minimum absolute atomic E-state index is 0.0808. The number of hydrogen-bond acceptors (Lipinski definition) is 3. The highest BCUT2D eigenvalue weighted by atomic mass is 16.5. The topological polar surface area (TPSA) is 51.5 Å². The highest BCUT2D eigenvalue weighted by Gasteiger charge is 2.12. The van der Waals surface area contributed by atoms with E-state index in [9.17, 15) is 9.90 Å². The summed E-state index contributed by atoms with van der Waals surface area (Å²) >= 11 is 0. The number of rotatable bonds is 2. The van der Waals surface area contributed by atoms with Gasteiger partial charge in [0.1, 0.15) is 11.3 Å². The molecule has 0 atom stereocenters. The zero-order valence-electron chi connectivity index (χ0n) is 8.75. The van der Waals surface area contributed by atoms with Gasteiger partial charge >= 0.3 is 5.97 Å². The van der Waals surface area contributed by atoms with E-state index in [1.807, 2.05) is 29.1 Å². The van der Waals surface area contributed by atoms with Crippen LogP contribution < -0.4 is 0 Å². The van der Waals surface area contributed by atoms with Crippen molar-refractivity contribution in [3.63, 3.8) is 0 Å². The van der Waals surface area contributed by atoms with Crippen molar-refractivity contribution in [2.45, 2.75) is 0 Å². The first kappa shape index (κ1) is 10.3. The first-order valence-electron chi connectivity index (χ1n) is 4.77. The maximum atomic E-state index is 11.4. The fraction of sp³-hybridized carbons (Fsp3) is 0.0833. The molecule has 1 aromatic heterocycles. The molecule has 16 heavy (non-hydrogen) atoms. The summed E-state index contributed by atoms with van der Waals surface area (Å²) in [6, 6.07) is 8.54. The summed E-state index contributed by atoms with van der Waals surface area (Å²) in [5, 5.41) is 9.52. The highest BCUT2D eigenvalue weighted by molar-refractivity contribution is 5.93. The molecule has 4 heteroatoms. The van der Waals surface area contributed by atoms with Gasteiger partial charge in [-0.1, -0.05) is 0 Å². The zero-order valence-corrected chi connectivity index (χ0v) is 8.75. The van der Waals surface area contributed by atoms with Crippen LogP contribution in [-0.2, 0) is 4.74 Å². The molecule has 0 bridgehead atoms. The molecule has 0 radical (unpaired) electrons. The Balaban J connectivity index is 2.47. The van der Waals surface area contributed by atoms with Gasteiger partial charge in [-0.05, 0) is 30.3 Å². The van der Waals surface area contributed by atoms with Crippen molar-refractivity contribution in [2.75, 3.05) is 7.11 Å². The Morgan fingerprint density at radius 1 is 1.31 bits per heavy atom. The number of phenolic OH excluding ortho intramolecular Hbond substituents is 1. The molecule has 0 spiro atoms. The first-order valence-corrected chi connectivity index (χ1v) is 4.77. The molecule has 0 aliphatic carbocycles. The summed E-state index contributed by atoms with van der Waals surface area (Å²) in [6.07, 6.45) is 3.71. The lowest BCUT2D eigenvalue weighted by atomic mass is 10.2. The normalized spacial score (nSPS) is 10.1. The maximum Gasteiger partial charge on any atom is 0.341 e. The van der Waals surface area contributed by atoms with Crippen LogP contribution in [0.2, 0.25) is 0 Å². The molecule has 0 unspecified atom stereocenters. The number of nitrogens with zero attached hydrogens (tertiary/aromatic N) is 1. The van der Waals surface area contributed by atoms with E-state index in [-0.39, 0.29) is 11.3 Å². The van der Waals surface area contributed by atoms with Crippen LogP contribution in [0.3, 0.4) is 0 Å². The molecular weight excluding hydrogens is 206 g/mol. The molecule has 4 nitrogen and oxygen atoms in total. The van der Waals surface area contributed by atoms with Crippen LogP contribution in [0, 0.1) is 0 Å². The molecule has 1 N–H and O–H groups in total. The van der Waals surface area contributed by atoms with Crippen LogP contribution in [0.5, 0.6) is 5.75 Å². The molecule has 1 heterocycles. The summed E-state index contributed by atoms with van der Waals surface area (Å²) in [7, 11) is 1.28. The maximum absolute atomic E-state index is 11.4. The van der Waals surface area contributed by atoms with E-state index in [0.717, 1.165) is 5.69 Å². The molecule has 82 valence electrons. The third-order valence-corrected chi connectivity index (χ3v) is 2.29. The largest absolute Gasteiger partial charge is 0.507 e. The lowest BCUT2D eigenvalue weighted by molar-refractivity contribution is 0.0597. The molecule has 0 fully saturated rings. The monoisotopic (exact) mass is 217 g/mol. The van der Waals surface area contributed by atoms with Crippen molar-refractivity contribution in [1.29, 1.82) is 0 Å². The van der Waals surface area contributed by atoms with Gasteiger partial charge in [-0.2, -0.15) is 0 Å². The van der Waals surface area contributed by atoms with Crippen molar-refractivity contribution >= 4 is 5.97 Å². The van der Waals surface area contributed by atoms with Crippen LogP contribution in [0.15, 0.2) is 42.7 Å². The summed E-state index contributed by atoms with van der Waals surface area (Å²) in [6.45, 7) is 0. The molecule has 0 saturated carbocycles. The SMILES string of the molecule is COC(=O)c1cc(-n2cccc2)ccc1O. The van der Waals surface area contributed by atoms with Crippen LogP contribution in [-0.4, -0.2) is 22.8 Å². The average Bonchev–Trinajstić information content (AvgIpc) is 2.82. The molecule has 0 aliphatic heterocycles. The number of benzene rings is 1. The molecule has 2 aromatic rings. The predicted octanol–water partition coefficient (Wildman–Crippen LogP) is 1.97. The average molecular weight is 217 g/mol. The standard InChI is InChI=1S/C12H11NO3/c1-16-12(15)10-8-9(4-5-11(10)14)13-6-2-3-7-13/h2-8,14H,1H3. The third kappa shape index (κ3) is 1.77. The van der Waals surface area contributed by atoms with Gasteiger partial charge in [0.2, 0.25) is 0 Å². The number of hydrogen-bond donors (Lipinski definition) is 1. The lowest BCUT2D eigenvalue weighted by Crippen LogP contribution is -2.03. The Kier molecular flexibility index (Phi) is 2.64. The Morgan fingerprint density at radius 3 is 2.62 bits per heavy atom. The van der Waals surface area contributed by atoms with E-state index >= 15 is 0 Å². The minimum Gasteiger partial charge on any atom is -0.507 e. The molecule has 2 rings (SSSR count). The lowest BCUT2D eigenvalue weighted by Gasteiger charge is -2.07. The summed E-state index contributed by atoms with van der Waals surface area (Å²) in [4.78, 5) is 11.4. The van der Waals surface area contributed by atoms with E-state index < -0.39 is 5.97 Å². The fourth-order valence-electron chi connectivity index (χ4n) is 1.46. The number of methoxy groups -OCH3 is 1. The van der Waals surface area contributed by atoms with Gasteiger partial charge in [0.25, 0.3) is 0 Å². The quantitative estimate of drug-likeness (QED) is 0.782. The van der Waals surface area contributed by atoms with Gasteiger partial charge in [-0.25, -0.2) is 4.79 Å². The predicted molar refractivity (Wildman–Crippen MR) is 58.8 cm³/mol. The Morgan fingerprint density at radius 2 is 2.00 bits per heavy atom. The Bertz CT molecular complexity index is 503. The first-order chi connectivity index (χ1) is 7.72. The molecule has 0 amide bonds. The molecular formula is C12H11NO3. The van der Waals surface area contributed by atoms with Crippen LogP contribution in [0.4, 0.5) is 0 Å². The van der Waals surface area contributed by atoms with Gasteiger partial charge < -0.3 is 14.4 Å². The summed E-state index contributed by atoms with van der Waals surface area (Å²) in [5.74, 6) is -0.630. The summed E-state index contributed by atoms with van der Waals surface area (Å²) < 4.78 is 6.42. The number of carbonyl (C=O) groups is 1. The van der Waals surface area contributed by atoms with Gasteiger partial charge in [0.15, 0.2) is 0 Å². The zero-order chi connectivity index (χ0) is 11.5. The number of phenols is 1. The third-order valence-electron chi connectivity index (χ3n) is 2.29. The van der Waals surface area contributed by atoms with Crippen molar-refractivity contribution in [2.24, 2.45) is 0 Å². The highest BCUT2D eigenvalue weighted by Crippen LogP contribution is 2.21. The van der Waals surface area contributed by atoms with Crippen molar-refractivity contribution < 1.29 is 14.6 Å². The van der Waals surface area contributed by atoms with Crippen molar-refractivity contribution in [3.8, 4) is 11.4 Å². The van der Waals surface area contributed by atoms with Crippen molar-refractivity contribution in [3.05, 3.63) is 48.3 Å². The van der Waals surface area contributed by atoms with E-state index in [1.54, 1.807) is 12.1 Å². The van der Waals surface area contributed by atoms with Gasteiger partial charge in [-0.3, -0.25) is 0 Å². The van der Waals surface area contributed by atoms with E-state index in [1.165, 1.54) is 13.2 Å². The Hall–Kier alpha value is -2.23. The second kappa shape index (κ2) is 4.10. The fourth-order valence-corrected chi connectivity index (χ4v) is 1.46. The second-order valence-corrected chi connectivity index (χ2v) is 3.28. The number of aromatic hydroxyl groups is 1. The summed E-state index contributed by atoms with van der Waals surface area (Å²) in [5.41, 5.74) is 0.955. The van der Waals surface area contributed by atoms with E-state index in [0.29, 0.717) is 0 Å². The van der Waals surface area contributed by atoms with Crippen molar-refractivity contribution in [1.82, 2.24) is 4.57 Å². The van der Waals surface area contributed by atoms with E-state index in [4.69, 9.17) is 0 Å². The van der Waals surface area contributed by atoms with Crippen LogP contribution in [0.1, 0.15) is 10.4 Å². The minimum atomic E-state index is -0.550. The van der Waals surface area contributed by atoms with E-state index in [2.05, 4.69) is 4.74 Å². The smallest absolute Gasteiger partial charge is 0.341 e. The number of esters is 1. The van der Waals surface area contributed by atoms with Crippen LogP contribution in [0.25, 0.3) is 5.69 Å². The second-order valence-electron chi connectivity index (χ2n) is 3.28. The Labute approximate surface area is 92.7 Å². The molecule has 0 aliphatic rings. The van der Waals surface area contributed by atoms with Gasteiger partial charge in [-0.15, -0.1) is 0 Å². The number of aromatic nitrogens is 1. The van der Waals surface area contributed by atoms with Gasteiger partial charge in [0, 0.05) is 18.1 Å². The molecule has 1 aromatic carbocycles. The molecule has 0 saturated heterocycles. The number of carbonyl (C=O) groups excluding carboxylic acids is 1.